The van der Waals surface area contributed by atoms with Crippen molar-refractivity contribution >= 4 is 23.3 Å². The van der Waals surface area contributed by atoms with Crippen molar-refractivity contribution in [1.29, 1.82) is 0 Å². The van der Waals surface area contributed by atoms with Crippen molar-refractivity contribution in [2.45, 2.75) is 11.3 Å². The SMILES string of the molecule is O=C1C=C(NCCCSc2ccccc2)C(=O)c2ccccc21. The van der Waals surface area contributed by atoms with E-state index >= 15 is 0 Å². The van der Waals surface area contributed by atoms with Crippen LogP contribution in [0.5, 0.6) is 0 Å². The van der Waals surface area contributed by atoms with Crippen LogP contribution in [0.2, 0.25) is 0 Å². The van der Waals surface area contributed by atoms with Crippen molar-refractivity contribution in [3.8, 4) is 0 Å². The zero-order chi connectivity index (χ0) is 16.1. The quantitative estimate of drug-likeness (QED) is 0.650. The molecule has 0 spiro atoms. The number of allylic oxidation sites excluding steroid dienone is 2. The molecular weight excluding hydrogens is 306 g/mol. The van der Waals surface area contributed by atoms with Crippen molar-refractivity contribution in [2.75, 3.05) is 12.3 Å². The molecular formula is C19H17NO2S. The summed E-state index contributed by atoms with van der Waals surface area (Å²) >= 11 is 1.79. The van der Waals surface area contributed by atoms with Crippen LogP contribution in [-0.2, 0) is 0 Å². The highest BCUT2D eigenvalue weighted by molar-refractivity contribution is 7.99. The van der Waals surface area contributed by atoms with E-state index in [2.05, 4.69) is 17.4 Å². The van der Waals surface area contributed by atoms with Gasteiger partial charge in [-0.3, -0.25) is 9.59 Å². The molecule has 0 amide bonds. The maximum absolute atomic E-state index is 12.4. The highest BCUT2D eigenvalue weighted by atomic mass is 32.2. The predicted octanol–water partition coefficient (Wildman–Crippen LogP) is 3.72. The molecule has 23 heavy (non-hydrogen) atoms. The molecule has 0 bridgehead atoms. The number of carbonyl (C=O) groups is 2. The molecule has 2 aromatic rings. The zero-order valence-corrected chi connectivity index (χ0v) is 13.4. The van der Waals surface area contributed by atoms with Gasteiger partial charge in [0.2, 0.25) is 5.78 Å². The Bertz CT molecular complexity index is 753. The van der Waals surface area contributed by atoms with E-state index < -0.39 is 0 Å². The maximum Gasteiger partial charge on any atom is 0.209 e. The van der Waals surface area contributed by atoms with Gasteiger partial charge in [0.05, 0.1) is 5.70 Å². The summed E-state index contributed by atoms with van der Waals surface area (Å²) in [6.45, 7) is 0.673. The largest absolute Gasteiger partial charge is 0.382 e. The molecule has 0 radical (unpaired) electrons. The first-order chi connectivity index (χ1) is 11.3. The number of nitrogens with one attached hydrogen (secondary N) is 1. The summed E-state index contributed by atoms with van der Waals surface area (Å²) in [4.78, 5) is 25.6. The second-order valence-corrected chi connectivity index (χ2v) is 6.41. The lowest BCUT2D eigenvalue weighted by Crippen LogP contribution is -2.27. The summed E-state index contributed by atoms with van der Waals surface area (Å²) in [5.74, 6) is 0.750. The number of rotatable bonds is 6. The van der Waals surface area contributed by atoms with Crippen LogP contribution in [0, 0.1) is 0 Å². The van der Waals surface area contributed by atoms with Gasteiger partial charge in [-0.15, -0.1) is 11.8 Å². The van der Waals surface area contributed by atoms with E-state index in [-0.39, 0.29) is 11.6 Å². The van der Waals surface area contributed by atoms with E-state index in [0.29, 0.717) is 23.4 Å². The van der Waals surface area contributed by atoms with Crippen molar-refractivity contribution in [2.24, 2.45) is 0 Å². The fraction of sp³-hybridized carbons (Fsp3) is 0.158. The van der Waals surface area contributed by atoms with Gasteiger partial charge in [-0.25, -0.2) is 0 Å². The summed E-state index contributed by atoms with van der Waals surface area (Å²) in [5.41, 5.74) is 1.38. The standard InChI is InChI=1S/C19H17NO2S/c21-18-13-17(19(22)16-10-5-4-9-15(16)18)20-11-6-12-23-14-7-2-1-3-8-14/h1-5,7-10,13,20H,6,11-12H2. The highest BCUT2D eigenvalue weighted by Crippen LogP contribution is 2.20. The number of hydrogen-bond donors (Lipinski definition) is 1. The van der Waals surface area contributed by atoms with Crippen molar-refractivity contribution in [3.05, 3.63) is 77.5 Å². The Hall–Kier alpha value is -2.33. The Kier molecular flexibility index (Phi) is 4.93. The van der Waals surface area contributed by atoms with Crippen LogP contribution in [0.1, 0.15) is 27.1 Å². The van der Waals surface area contributed by atoms with Gasteiger partial charge in [-0.1, -0.05) is 42.5 Å². The van der Waals surface area contributed by atoms with Gasteiger partial charge < -0.3 is 5.32 Å². The minimum atomic E-state index is -0.110. The van der Waals surface area contributed by atoms with Crippen molar-refractivity contribution in [1.82, 2.24) is 5.32 Å². The monoisotopic (exact) mass is 323 g/mol. The number of fused-ring (bicyclic) bond motifs is 1. The van der Waals surface area contributed by atoms with Crippen LogP contribution in [0.3, 0.4) is 0 Å². The first kappa shape index (κ1) is 15.6. The van der Waals surface area contributed by atoms with E-state index in [9.17, 15) is 9.59 Å². The summed E-state index contributed by atoms with van der Waals surface area (Å²) in [6, 6.07) is 17.2. The molecule has 116 valence electrons. The van der Waals surface area contributed by atoms with Gasteiger partial charge >= 0.3 is 0 Å². The fourth-order valence-corrected chi connectivity index (χ4v) is 3.32. The first-order valence-electron chi connectivity index (χ1n) is 7.57. The van der Waals surface area contributed by atoms with Crippen LogP contribution >= 0.6 is 11.8 Å². The fourth-order valence-electron chi connectivity index (χ4n) is 2.45. The van der Waals surface area contributed by atoms with E-state index in [1.165, 1.54) is 11.0 Å². The molecule has 0 unspecified atom stereocenters. The van der Waals surface area contributed by atoms with Gasteiger partial charge in [0.1, 0.15) is 0 Å². The maximum atomic E-state index is 12.4. The Labute approximate surface area is 139 Å². The second kappa shape index (κ2) is 7.29. The molecule has 0 saturated heterocycles. The molecule has 1 aliphatic carbocycles. The zero-order valence-electron chi connectivity index (χ0n) is 12.6. The lowest BCUT2D eigenvalue weighted by atomic mass is 9.93. The van der Waals surface area contributed by atoms with Gasteiger partial charge in [-0.05, 0) is 24.3 Å². The molecule has 4 heteroatoms. The van der Waals surface area contributed by atoms with E-state index in [4.69, 9.17) is 0 Å². The summed E-state index contributed by atoms with van der Waals surface area (Å²) in [6.07, 6.45) is 2.33. The van der Waals surface area contributed by atoms with Crippen LogP contribution in [-0.4, -0.2) is 23.9 Å². The van der Waals surface area contributed by atoms with Crippen molar-refractivity contribution in [3.63, 3.8) is 0 Å². The molecule has 3 nitrogen and oxygen atoms in total. The predicted molar refractivity (Wildman–Crippen MR) is 93.0 cm³/mol. The van der Waals surface area contributed by atoms with Crippen LogP contribution in [0.25, 0.3) is 0 Å². The van der Waals surface area contributed by atoms with Gasteiger partial charge in [0.15, 0.2) is 5.78 Å². The topological polar surface area (TPSA) is 46.2 Å². The third kappa shape index (κ3) is 3.71. The summed E-state index contributed by atoms with van der Waals surface area (Å²) in [5, 5.41) is 3.11. The van der Waals surface area contributed by atoms with E-state index in [1.807, 2.05) is 18.2 Å². The smallest absolute Gasteiger partial charge is 0.209 e. The Morgan fingerprint density at radius 2 is 1.57 bits per heavy atom. The average molecular weight is 323 g/mol. The Balaban J connectivity index is 1.51. The van der Waals surface area contributed by atoms with Gasteiger partial charge in [0.25, 0.3) is 0 Å². The summed E-state index contributed by atoms with van der Waals surface area (Å²) in [7, 11) is 0. The number of ketones is 2. The second-order valence-electron chi connectivity index (χ2n) is 5.24. The molecule has 1 N–H and O–H groups in total. The Morgan fingerprint density at radius 1 is 0.870 bits per heavy atom. The van der Waals surface area contributed by atoms with Crippen LogP contribution < -0.4 is 5.32 Å². The third-order valence-electron chi connectivity index (χ3n) is 3.61. The summed E-state index contributed by atoms with van der Waals surface area (Å²) < 4.78 is 0. The number of Topliss-reactive ketones (excluding diaryl/α,β-unsaturated/α-hetero) is 1. The molecule has 0 aliphatic heterocycles. The molecule has 1 aliphatic rings. The van der Waals surface area contributed by atoms with Gasteiger partial charge in [0, 0.05) is 28.6 Å². The number of hydrogen-bond acceptors (Lipinski definition) is 4. The van der Waals surface area contributed by atoms with E-state index in [0.717, 1.165) is 12.2 Å². The Morgan fingerprint density at radius 3 is 2.35 bits per heavy atom. The normalized spacial score (nSPS) is 13.5. The molecule has 0 heterocycles. The minimum absolute atomic E-state index is 0.101. The van der Waals surface area contributed by atoms with Crippen LogP contribution in [0.4, 0.5) is 0 Å². The highest BCUT2D eigenvalue weighted by Gasteiger charge is 2.24. The lowest BCUT2D eigenvalue weighted by Gasteiger charge is -2.16. The molecule has 0 fully saturated rings. The number of thioether (sulfide) groups is 1. The molecule has 2 aromatic carbocycles. The minimum Gasteiger partial charge on any atom is -0.382 e. The molecule has 0 atom stereocenters. The molecule has 3 rings (SSSR count). The number of benzene rings is 2. The third-order valence-corrected chi connectivity index (χ3v) is 4.70. The van der Waals surface area contributed by atoms with Gasteiger partial charge in [-0.2, -0.15) is 0 Å². The average Bonchev–Trinajstić information content (AvgIpc) is 2.60. The van der Waals surface area contributed by atoms with Crippen LogP contribution in [0.15, 0.2) is 71.3 Å². The lowest BCUT2D eigenvalue weighted by molar-refractivity contribution is 0.0978. The number of carbonyl (C=O) groups excluding carboxylic acids is 2. The first-order valence-corrected chi connectivity index (χ1v) is 8.56. The van der Waals surface area contributed by atoms with Crippen molar-refractivity contribution < 1.29 is 9.59 Å². The molecule has 0 saturated carbocycles. The van der Waals surface area contributed by atoms with E-state index in [1.54, 1.807) is 36.0 Å². The molecule has 0 aromatic heterocycles.